The molecule has 48 heavy (non-hydrogen) atoms. The first-order valence-electron chi connectivity index (χ1n) is 14.4. The smallest absolute Gasteiger partial charge is 0.490 e. The molecule has 2 aromatic carbocycles. The highest BCUT2D eigenvalue weighted by Gasteiger charge is 2.72. The molecule has 0 radical (unpaired) electrons. The predicted octanol–water partition coefficient (Wildman–Crippen LogP) is 0.937. The molecule has 6 N–H and O–H groups in total. The van der Waals surface area contributed by atoms with Crippen LogP contribution in [0.2, 0.25) is 0 Å². The highest BCUT2D eigenvalue weighted by Crippen LogP contribution is 2.65. The highest BCUT2D eigenvalue weighted by molar-refractivity contribution is 5.87. The van der Waals surface area contributed by atoms with E-state index < -0.39 is 65.5 Å². The Labute approximate surface area is 269 Å². The quantitative estimate of drug-likeness (QED) is 0.224. The first-order valence-corrected chi connectivity index (χ1v) is 14.4. The van der Waals surface area contributed by atoms with Gasteiger partial charge in [0.25, 0.3) is 0 Å². The fourth-order valence-electron chi connectivity index (χ4n) is 6.95. The lowest BCUT2D eigenvalue weighted by atomic mass is 9.50. The lowest BCUT2D eigenvalue weighted by Gasteiger charge is -2.61. The van der Waals surface area contributed by atoms with Gasteiger partial charge in [0.05, 0.1) is 11.0 Å². The molecule has 2 bridgehead atoms. The average Bonchev–Trinajstić information content (AvgIpc) is 3.39. The number of esters is 2. The standard InChI is InChI=1S/C29H29NO11.C2HF3O2/c1-30-12-11-28-19-15-7-8-16(31)23(19)40-24(28)17(9-10-29(28,38)18(30)13-15)39-26(36)20(32)21(33)27(37)41-22(25(34)35)14-5-3-2-4-6-14;3-2(4,5)1(6)7/h2-9,18,20-22,24,31-33,38H,10-13H2,1H3,(H,34,35);(H,6,7)/t18-,20-,21-,22-,24+,28+,29-;/m1./s1. The second-order valence-electron chi connectivity index (χ2n) is 11.8. The number of carboxylic acids is 2. The van der Waals surface area contributed by atoms with E-state index in [9.17, 15) is 53.1 Å². The lowest BCUT2D eigenvalue weighted by Crippen LogP contribution is -2.74. The summed E-state index contributed by atoms with van der Waals surface area (Å²) in [7, 11) is 1.93. The summed E-state index contributed by atoms with van der Waals surface area (Å²) in [6.07, 6.45) is -10.3. The van der Waals surface area contributed by atoms with E-state index in [2.05, 4.69) is 4.90 Å². The van der Waals surface area contributed by atoms with Gasteiger partial charge in [-0.15, -0.1) is 0 Å². The molecule has 0 unspecified atom stereocenters. The van der Waals surface area contributed by atoms with Crippen molar-refractivity contribution in [1.29, 1.82) is 0 Å². The first kappa shape index (κ1) is 34.6. The van der Waals surface area contributed by atoms with Crippen molar-refractivity contribution in [3.63, 3.8) is 0 Å². The van der Waals surface area contributed by atoms with Crippen molar-refractivity contribution in [2.45, 2.75) is 66.9 Å². The summed E-state index contributed by atoms with van der Waals surface area (Å²) in [5.41, 5.74) is -0.679. The normalized spacial score (nSPS) is 27.0. The van der Waals surface area contributed by atoms with Crippen LogP contribution in [0.25, 0.3) is 0 Å². The molecule has 2 heterocycles. The number of hydrogen-bond acceptors (Lipinski definition) is 12. The molecular formula is C31H30F3NO13. The molecule has 17 heteroatoms. The number of likely N-dealkylation sites (tertiary alicyclic amines) is 1. The summed E-state index contributed by atoms with van der Waals surface area (Å²) >= 11 is 0. The Hall–Kier alpha value is -4.71. The Kier molecular flexibility index (Phi) is 8.93. The number of alkyl halides is 3. The van der Waals surface area contributed by atoms with Gasteiger partial charge in [-0.3, -0.25) is 0 Å². The SMILES string of the molecule is CN1CC[C@]23c4c5ccc(O)c4O[C@H]2C(OC(=O)[C@H](O)[C@@H](O)C(=O)O[C@@H](C(=O)O)c2ccccc2)=CC[C@@]3(O)[C@H]1C5.O=C(O)C(F)(F)F. The van der Waals surface area contributed by atoms with Crippen LogP contribution in [0.15, 0.2) is 54.3 Å². The lowest BCUT2D eigenvalue weighted by molar-refractivity contribution is -0.192. The third kappa shape index (κ3) is 5.61. The van der Waals surface area contributed by atoms with Crippen LogP contribution >= 0.6 is 0 Å². The molecule has 2 aliphatic carbocycles. The Morgan fingerprint density at radius 1 is 1.02 bits per heavy atom. The van der Waals surface area contributed by atoms with Gasteiger partial charge in [0, 0.05) is 23.6 Å². The third-order valence-corrected chi connectivity index (χ3v) is 9.16. The number of piperidine rings is 1. The molecule has 6 rings (SSSR count). The number of aliphatic carboxylic acids is 2. The van der Waals surface area contributed by atoms with E-state index in [-0.39, 0.29) is 35.3 Å². The second kappa shape index (κ2) is 12.4. The van der Waals surface area contributed by atoms with Crippen LogP contribution < -0.4 is 4.74 Å². The predicted molar refractivity (Wildman–Crippen MR) is 151 cm³/mol. The minimum atomic E-state index is -5.08. The maximum atomic E-state index is 13.0. The summed E-state index contributed by atoms with van der Waals surface area (Å²) in [6.45, 7) is 0.599. The van der Waals surface area contributed by atoms with Gasteiger partial charge < -0.3 is 49.7 Å². The topological polar surface area (TPSA) is 221 Å². The number of carbonyl (C=O) groups excluding carboxylic acids is 2. The number of aliphatic hydroxyl groups is 3. The number of hydrogen-bond donors (Lipinski definition) is 6. The van der Waals surface area contributed by atoms with Gasteiger partial charge in [-0.1, -0.05) is 36.4 Å². The van der Waals surface area contributed by atoms with Crippen molar-refractivity contribution >= 4 is 23.9 Å². The zero-order chi connectivity index (χ0) is 35.3. The van der Waals surface area contributed by atoms with E-state index in [1.165, 1.54) is 36.4 Å². The van der Waals surface area contributed by atoms with Crippen molar-refractivity contribution in [3.8, 4) is 11.5 Å². The molecule has 0 saturated carbocycles. The van der Waals surface area contributed by atoms with Crippen LogP contribution in [0.1, 0.15) is 35.6 Å². The fraction of sp³-hybridized carbons (Fsp3) is 0.419. The molecule has 258 valence electrons. The molecule has 1 spiro atoms. The van der Waals surface area contributed by atoms with Gasteiger partial charge >= 0.3 is 30.1 Å². The van der Waals surface area contributed by atoms with Crippen molar-refractivity contribution in [1.82, 2.24) is 4.90 Å². The number of phenolic OH excluding ortho intramolecular Hbond substituents is 1. The molecule has 4 aliphatic rings. The van der Waals surface area contributed by atoms with Crippen LogP contribution in [0, 0.1) is 0 Å². The molecule has 1 saturated heterocycles. The van der Waals surface area contributed by atoms with Crippen LogP contribution in [0.3, 0.4) is 0 Å². The fourth-order valence-corrected chi connectivity index (χ4v) is 6.95. The summed E-state index contributed by atoms with van der Waals surface area (Å²) < 4.78 is 48.3. The summed E-state index contributed by atoms with van der Waals surface area (Å²) in [5, 5.41) is 60.2. The van der Waals surface area contributed by atoms with Gasteiger partial charge in [0.15, 0.2) is 29.8 Å². The summed E-state index contributed by atoms with van der Waals surface area (Å²) in [5.74, 6) is -7.19. The first-order chi connectivity index (χ1) is 22.4. The van der Waals surface area contributed by atoms with E-state index in [0.29, 0.717) is 24.9 Å². The number of benzene rings is 2. The number of likely N-dealkylation sites (N-methyl/N-ethyl adjacent to an activating group) is 1. The zero-order valence-corrected chi connectivity index (χ0v) is 25.0. The summed E-state index contributed by atoms with van der Waals surface area (Å²) in [6, 6.07) is 10.5. The number of rotatable bonds is 7. The van der Waals surface area contributed by atoms with Gasteiger partial charge in [-0.05, 0) is 44.1 Å². The summed E-state index contributed by atoms with van der Waals surface area (Å²) in [4.78, 5) is 48.1. The van der Waals surface area contributed by atoms with Gasteiger partial charge in [0.1, 0.15) is 5.76 Å². The van der Waals surface area contributed by atoms with Crippen LogP contribution in [-0.4, -0.2) is 109 Å². The third-order valence-electron chi connectivity index (χ3n) is 9.16. The van der Waals surface area contributed by atoms with Crippen LogP contribution in [0.5, 0.6) is 11.5 Å². The van der Waals surface area contributed by atoms with E-state index in [4.69, 9.17) is 24.1 Å². The van der Waals surface area contributed by atoms with E-state index in [0.717, 1.165) is 5.56 Å². The Morgan fingerprint density at radius 2 is 1.65 bits per heavy atom. The number of carbonyl (C=O) groups is 4. The molecule has 0 aromatic heterocycles. The number of carboxylic acid groups (broad SMARTS) is 2. The van der Waals surface area contributed by atoms with Crippen LogP contribution in [0.4, 0.5) is 13.2 Å². The Bertz CT molecular complexity index is 1660. The number of ether oxygens (including phenoxy) is 3. The van der Waals surface area contributed by atoms with Crippen molar-refractivity contribution < 1.29 is 77.2 Å². The second-order valence-corrected chi connectivity index (χ2v) is 11.8. The van der Waals surface area contributed by atoms with Crippen molar-refractivity contribution in [2.75, 3.05) is 13.6 Å². The largest absolute Gasteiger partial charge is 0.504 e. The number of phenols is 1. The van der Waals surface area contributed by atoms with Gasteiger partial charge in [0.2, 0.25) is 6.10 Å². The molecule has 14 nitrogen and oxygen atoms in total. The minimum Gasteiger partial charge on any atom is -0.504 e. The minimum absolute atomic E-state index is 0.0428. The zero-order valence-electron chi connectivity index (χ0n) is 25.0. The highest BCUT2D eigenvalue weighted by atomic mass is 19.4. The van der Waals surface area contributed by atoms with Crippen molar-refractivity contribution in [2.24, 2.45) is 0 Å². The number of nitrogens with zero attached hydrogens (tertiary/aromatic N) is 1. The van der Waals surface area contributed by atoms with Gasteiger partial charge in [-0.2, -0.15) is 13.2 Å². The Balaban J connectivity index is 0.000000582. The van der Waals surface area contributed by atoms with Gasteiger partial charge in [-0.25, -0.2) is 19.2 Å². The number of halogens is 3. The van der Waals surface area contributed by atoms with E-state index in [1.54, 1.807) is 12.1 Å². The molecule has 1 fully saturated rings. The molecule has 7 atom stereocenters. The number of aliphatic hydroxyl groups excluding tert-OH is 2. The molecule has 2 aliphatic heterocycles. The Morgan fingerprint density at radius 3 is 2.25 bits per heavy atom. The molecular weight excluding hydrogens is 651 g/mol. The van der Waals surface area contributed by atoms with E-state index >= 15 is 0 Å². The average molecular weight is 682 g/mol. The number of aromatic hydroxyl groups is 1. The van der Waals surface area contributed by atoms with E-state index in [1.807, 2.05) is 7.05 Å². The van der Waals surface area contributed by atoms with Crippen molar-refractivity contribution in [3.05, 3.63) is 71.0 Å². The van der Waals surface area contributed by atoms with Crippen LogP contribution in [-0.2, 0) is 40.5 Å². The molecule has 0 amide bonds. The monoisotopic (exact) mass is 681 g/mol. The molecule has 2 aromatic rings. The maximum Gasteiger partial charge on any atom is 0.490 e. The maximum absolute atomic E-state index is 13.0.